The van der Waals surface area contributed by atoms with Gasteiger partial charge in [-0.2, -0.15) is 0 Å². The van der Waals surface area contributed by atoms with Crippen molar-refractivity contribution in [3.8, 4) is 11.5 Å². The lowest BCUT2D eigenvalue weighted by Crippen LogP contribution is -2.30. The summed E-state index contributed by atoms with van der Waals surface area (Å²) in [5, 5.41) is 2.51. The van der Waals surface area contributed by atoms with Gasteiger partial charge in [-0.1, -0.05) is 0 Å². The molecule has 0 aliphatic carbocycles. The van der Waals surface area contributed by atoms with Crippen molar-refractivity contribution in [2.75, 3.05) is 27.4 Å². The fraction of sp³-hybridized carbons (Fsp3) is 0.273. The Morgan fingerprint density at radius 3 is 2.65 bits per heavy atom. The lowest BCUT2D eigenvalue weighted by Gasteiger charge is -2.13. The van der Waals surface area contributed by atoms with Gasteiger partial charge in [-0.15, -0.1) is 0 Å². The van der Waals surface area contributed by atoms with E-state index in [9.17, 15) is 19.2 Å². The molecule has 3 rings (SSSR count). The van der Waals surface area contributed by atoms with Crippen LogP contribution in [0.1, 0.15) is 28.8 Å². The fourth-order valence-corrected chi connectivity index (χ4v) is 3.58. The van der Waals surface area contributed by atoms with Gasteiger partial charge >= 0.3 is 18.0 Å². The molecule has 1 aromatic heterocycles. The zero-order valence-corrected chi connectivity index (χ0v) is 20.1. The number of nitrogens with one attached hydrogen (secondary N) is 1. The van der Waals surface area contributed by atoms with E-state index in [0.717, 1.165) is 4.90 Å². The molecule has 11 nitrogen and oxygen atoms in total. The van der Waals surface area contributed by atoms with Crippen molar-refractivity contribution >= 4 is 45.9 Å². The van der Waals surface area contributed by atoms with Gasteiger partial charge in [0.1, 0.15) is 11.5 Å². The Balaban J connectivity index is 1.77. The van der Waals surface area contributed by atoms with E-state index in [4.69, 9.17) is 18.6 Å². The summed E-state index contributed by atoms with van der Waals surface area (Å²) in [5.74, 6) is -1.01. The molecule has 0 bridgehead atoms. The number of hydrogen-bond acceptors (Lipinski definition) is 9. The van der Waals surface area contributed by atoms with Crippen molar-refractivity contribution in [1.82, 2.24) is 10.2 Å². The van der Waals surface area contributed by atoms with Gasteiger partial charge in [0, 0.05) is 0 Å². The minimum absolute atomic E-state index is 0.0268. The molecule has 3 amide bonds. The number of carbonyl (C=O) groups excluding carboxylic acids is 4. The zero-order valence-electron chi connectivity index (χ0n) is 18.5. The average Bonchev–Trinajstić information content (AvgIpc) is 3.38. The molecule has 1 aromatic carbocycles. The Bertz CT molecular complexity index is 1160. The second kappa shape index (κ2) is 10.9. The third kappa shape index (κ3) is 5.57. The first-order valence-corrected chi connectivity index (χ1v) is 10.7. The molecule has 2 aromatic rings. The van der Waals surface area contributed by atoms with Gasteiger partial charge in [0.05, 0.1) is 31.8 Å². The third-order valence-corrected chi connectivity index (χ3v) is 5.12. The molecule has 1 fully saturated rings. The second-order valence-corrected chi connectivity index (χ2v) is 7.62. The predicted octanol–water partition coefficient (Wildman–Crippen LogP) is 2.87. The Labute approximate surface area is 202 Å². The van der Waals surface area contributed by atoms with E-state index in [1.54, 1.807) is 19.1 Å². The maximum atomic E-state index is 12.8. The zero-order chi connectivity index (χ0) is 24.8. The number of methoxy groups -OCH3 is 2. The van der Waals surface area contributed by atoms with E-state index >= 15 is 0 Å². The largest absolute Gasteiger partial charge is 0.493 e. The molecule has 0 radical (unpaired) electrons. The molecule has 2 heterocycles. The highest BCUT2D eigenvalue weighted by molar-refractivity contribution is 9.10. The minimum atomic E-state index is -0.668. The van der Waals surface area contributed by atoms with Crippen LogP contribution in [0.2, 0.25) is 0 Å². The molecule has 0 saturated carbocycles. The normalized spacial score (nSPS) is 14.2. The number of carbonyl (C=O) groups is 4. The molecule has 34 heavy (non-hydrogen) atoms. The minimum Gasteiger partial charge on any atom is -0.493 e. The monoisotopic (exact) mass is 536 g/mol. The van der Waals surface area contributed by atoms with Crippen LogP contribution in [0.4, 0.5) is 4.79 Å². The maximum absolute atomic E-state index is 12.8. The van der Waals surface area contributed by atoms with Gasteiger partial charge in [-0.3, -0.25) is 9.69 Å². The summed E-state index contributed by atoms with van der Waals surface area (Å²) in [6.07, 6.45) is 1.46. The summed E-state index contributed by atoms with van der Waals surface area (Å²) < 4.78 is 26.0. The number of esters is 2. The first-order valence-electron chi connectivity index (χ1n) is 9.94. The van der Waals surface area contributed by atoms with Crippen molar-refractivity contribution in [2.45, 2.75) is 13.5 Å². The lowest BCUT2D eigenvalue weighted by atomic mass is 10.1. The third-order valence-electron chi connectivity index (χ3n) is 4.53. The van der Waals surface area contributed by atoms with Crippen molar-refractivity contribution in [3.63, 3.8) is 0 Å². The van der Waals surface area contributed by atoms with Crippen LogP contribution in [-0.4, -0.2) is 56.2 Å². The summed E-state index contributed by atoms with van der Waals surface area (Å²) in [4.78, 5) is 49.2. The number of furan rings is 1. The van der Waals surface area contributed by atoms with Crippen LogP contribution in [0, 0.1) is 0 Å². The number of rotatable bonds is 9. The quantitative estimate of drug-likeness (QED) is 0.291. The van der Waals surface area contributed by atoms with Gasteiger partial charge in [0.15, 0.2) is 18.1 Å². The molecule has 1 aliphatic rings. The Kier molecular flexibility index (Phi) is 7.95. The number of nitrogens with zero attached hydrogens (tertiary/aromatic N) is 1. The van der Waals surface area contributed by atoms with E-state index in [2.05, 4.69) is 26.0 Å². The topological polar surface area (TPSA) is 134 Å². The molecule has 1 saturated heterocycles. The van der Waals surface area contributed by atoms with Gasteiger partial charge in [-0.05, 0) is 58.8 Å². The van der Waals surface area contributed by atoms with E-state index in [1.165, 1.54) is 32.4 Å². The van der Waals surface area contributed by atoms with Crippen LogP contribution < -0.4 is 14.8 Å². The van der Waals surface area contributed by atoms with Crippen LogP contribution in [-0.2, 0) is 25.6 Å². The number of benzene rings is 1. The first-order chi connectivity index (χ1) is 16.3. The Morgan fingerprint density at radius 1 is 1.21 bits per heavy atom. The molecule has 1 N–H and O–H groups in total. The second-order valence-electron chi connectivity index (χ2n) is 6.76. The summed E-state index contributed by atoms with van der Waals surface area (Å²) in [6.45, 7) is 1.44. The smallest absolute Gasteiger partial charge is 0.373 e. The van der Waals surface area contributed by atoms with Crippen molar-refractivity contribution < 1.29 is 42.5 Å². The van der Waals surface area contributed by atoms with Crippen molar-refractivity contribution in [1.29, 1.82) is 0 Å². The van der Waals surface area contributed by atoms with Crippen LogP contribution in [0.3, 0.4) is 0 Å². The van der Waals surface area contributed by atoms with E-state index in [0.29, 0.717) is 15.8 Å². The highest BCUT2D eigenvalue weighted by Crippen LogP contribution is 2.37. The van der Waals surface area contributed by atoms with E-state index in [1.807, 2.05) is 0 Å². The predicted molar refractivity (Wildman–Crippen MR) is 120 cm³/mol. The first kappa shape index (κ1) is 24.8. The summed E-state index contributed by atoms with van der Waals surface area (Å²) in [6, 6.07) is 5.44. The van der Waals surface area contributed by atoms with Gasteiger partial charge in [0.2, 0.25) is 5.76 Å². The molecular weight excluding hydrogens is 516 g/mol. The van der Waals surface area contributed by atoms with Crippen LogP contribution in [0.5, 0.6) is 11.5 Å². The number of ether oxygens (including phenoxy) is 4. The van der Waals surface area contributed by atoms with Gasteiger partial charge in [-0.25, -0.2) is 14.4 Å². The summed E-state index contributed by atoms with van der Waals surface area (Å²) >= 11 is 3.36. The van der Waals surface area contributed by atoms with Gasteiger partial charge < -0.3 is 28.7 Å². The van der Waals surface area contributed by atoms with Gasteiger partial charge in [0.25, 0.3) is 5.91 Å². The number of amides is 3. The molecule has 0 unspecified atom stereocenters. The molecule has 0 atom stereocenters. The molecular formula is C22H21BrN2O9. The highest BCUT2D eigenvalue weighted by atomic mass is 79.9. The molecule has 1 aliphatic heterocycles. The van der Waals surface area contributed by atoms with Crippen LogP contribution in [0.15, 0.2) is 38.9 Å². The highest BCUT2D eigenvalue weighted by Gasteiger charge is 2.34. The SMILES string of the molecule is CCOC(=O)COc1c(Br)cc(/C=C2\NC(=O)N(Cc3ccc(C(=O)OC)o3)C2=O)cc1OC. The number of urea groups is 1. The Hall–Kier alpha value is -3.80. The summed E-state index contributed by atoms with van der Waals surface area (Å²) in [5.41, 5.74) is 0.544. The summed E-state index contributed by atoms with van der Waals surface area (Å²) in [7, 11) is 2.64. The molecule has 0 spiro atoms. The molecule has 12 heteroatoms. The van der Waals surface area contributed by atoms with E-state index in [-0.39, 0.29) is 42.7 Å². The lowest BCUT2D eigenvalue weighted by molar-refractivity contribution is -0.145. The molecule has 180 valence electrons. The fourth-order valence-electron chi connectivity index (χ4n) is 3.01. The van der Waals surface area contributed by atoms with E-state index < -0.39 is 23.9 Å². The number of halogens is 1. The van der Waals surface area contributed by atoms with Crippen molar-refractivity contribution in [3.05, 3.63) is 51.5 Å². The number of hydrogen-bond donors (Lipinski definition) is 1. The average molecular weight is 537 g/mol. The Morgan fingerprint density at radius 2 is 1.97 bits per heavy atom. The number of imide groups is 1. The van der Waals surface area contributed by atoms with Crippen LogP contribution in [0.25, 0.3) is 6.08 Å². The van der Waals surface area contributed by atoms with Crippen molar-refractivity contribution in [2.24, 2.45) is 0 Å². The van der Waals surface area contributed by atoms with Crippen LogP contribution >= 0.6 is 15.9 Å². The maximum Gasteiger partial charge on any atom is 0.373 e. The standard InChI is InChI=1S/C22H21BrN2O9/c1-4-32-18(26)11-33-19-14(23)7-12(9-17(19)30-2)8-15-20(27)25(22(29)24-15)10-13-5-6-16(34-13)21(28)31-3/h5-9H,4,10-11H2,1-3H3,(H,24,29)/b15-8-.